The zero-order chi connectivity index (χ0) is 11.6. The molecule has 1 aromatic carbocycles. The lowest BCUT2D eigenvalue weighted by molar-refractivity contribution is -0.137. The first kappa shape index (κ1) is 14.2. The normalized spacial score (nSPS) is 16.5. The number of rotatable bonds is 1. The van der Waals surface area contributed by atoms with E-state index in [1.165, 1.54) is 18.6 Å². The Hall–Kier alpha value is -0.900. The molecule has 1 aliphatic rings. The van der Waals surface area contributed by atoms with E-state index in [0.29, 0.717) is 5.69 Å². The summed E-state index contributed by atoms with van der Waals surface area (Å²) in [7, 11) is 0. The molecule has 0 saturated carbocycles. The summed E-state index contributed by atoms with van der Waals surface area (Å²) >= 11 is 0. The number of hydrogen-bond acceptors (Lipinski definition) is 1. The lowest BCUT2D eigenvalue weighted by Gasteiger charge is -2.29. The van der Waals surface area contributed by atoms with E-state index >= 15 is 0 Å². The Bertz CT molecular complexity index is 359. The van der Waals surface area contributed by atoms with Crippen LogP contribution in [0.2, 0.25) is 0 Å². The standard InChI is InChI=1S/C12H14F3N.ClH/c13-12(14,15)10-5-4-6-11(9-10)16-7-2-1-3-8-16;/h4-6,9H,1-3,7-8H2;1H. The van der Waals surface area contributed by atoms with Crippen LogP contribution in [0.3, 0.4) is 0 Å². The van der Waals surface area contributed by atoms with Gasteiger partial charge in [0.15, 0.2) is 0 Å². The zero-order valence-corrected chi connectivity index (χ0v) is 10.2. The van der Waals surface area contributed by atoms with Gasteiger partial charge in [0, 0.05) is 18.8 Å². The Morgan fingerprint density at radius 3 is 2.24 bits per heavy atom. The average molecular weight is 266 g/mol. The molecule has 1 heterocycles. The molecule has 5 heteroatoms. The molecule has 0 spiro atoms. The fraction of sp³-hybridized carbons (Fsp3) is 0.500. The average Bonchev–Trinajstić information content (AvgIpc) is 2.29. The van der Waals surface area contributed by atoms with E-state index < -0.39 is 11.7 Å². The molecule has 17 heavy (non-hydrogen) atoms. The van der Waals surface area contributed by atoms with E-state index in [9.17, 15) is 13.2 Å². The number of alkyl halides is 3. The SMILES string of the molecule is Cl.FC(F)(F)c1cccc(N2CCCCC2)c1. The largest absolute Gasteiger partial charge is 0.416 e. The van der Waals surface area contributed by atoms with Gasteiger partial charge in [0.1, 0.15) is 0 Å². The van der Waals surface area contributed by atoms with Crippen LogP contribution in [0.15, 0.2) is 24.3 Å². The second kappa shape index (κ2) is 5.63. The van der Waals surface area contributed by atoms with Gasteiger partial charge in [-0.05, 0) is 37.5 Å². The minimum atomic E-state index is -4.24. The molecule has 0 aromatic heterocycles. The molecule has 1 aromatic rings. The minimum absolute atomic E-state index is 0. The van der Waals surface area contributed by atoms with Gasteiger partial charge in [0.2, 0.25) is 0 Å². The van der Waals surface area contributed by atoms with Crippen molar-refractivity contribution >= 4 is 18.1 Å². The number of nitrogens with zero attached hydrogens (tertiary/aromatic N) is 1. The summed E-state index contributed by atoms with van der Waals surface area (Å²) in [4.78, 5) is 2.03. The number of benzene rings is 1. The van der Waals surface area contributed by atoms with Crippen LogP contribution >= 0.6 is 12.4 Å². The summed E-state index contributed by atoms with van der Waals surface area (Å²) in [6.07, 6.45) is -0.937. The fourth-order valence-electron chi connectivity index (χ4n) is 2.03. The lowest BCUT2D eigenvalue weighted by atomic mass is 10.1. The third-order valence-corrected chi connectivity index (χ3v) is 2.89. The molecule has 0 amide bonds. The fourth-order valence-corrected chi connectivity index (χ4v) is 2.03. The summed E-state index contributed by atoms with van der Waals surface area (Å²) in [6, 6.07) is 5.59. The van der Waals surface area contributed by atoms with Crippen LogP contribution < -0.4 is 4.90 Å². The maximum Gasteiger partial charge on any atom is 0.416 e. The molecule has 1 nitrogen and oxygen atoms in total. The Morgan fingerprint density at radius 2 is 1.65 bits per heavy atom. The molecule has 96 valence electrons. The molecule has 2 rings (SSSR count). The monoisotopic (exact) mass is 265 g/mol. The highest BCUT2D eigenvalue weighted by atomic mass is 35.5. The van der Waals surface area contributed by atoms with E-state index in [-0.39, 0.29) is 12.4 Å². The van der Waals surface area contributed by atoms with Gasteiger partial charge in [-0.3, -0.25) is 0 Å². The van der Waals surface area contributed by atoms with Gasteiger partial charge < -0.3 is 4.90 Å². The maximum absolute atomic E-state index is 12.5. The van der Waals surface area contributed by atoms with Crippen LogP contribution in [0.5, 0.6) is 0 Å². The minimum Gasteiger partial charge on any atom is -0.372 e. The molecule has 1 fully saturated rings. The third-order valence-electron chi connectivity index (χ3n) is 2.89. The Morgan fingerprint density at radius 1 is 1.00 bits per heavy atom. The van der Waals surface area contributed by atoms with Gasteiger partial charge in [-0.2, -0.15) is 13.2 Å². The van der Waals surface area contributed by atoms with Crippen molar-refractivity contribution in [2.45, 2.75) is 25.4 Å². The first-order valence-corrected chi connectivity index (χ1v) is 5.49. The van der Waals surface area contributed by atoms with Crippen molar-refractivity contribution in [3.8, 4) is 0 Å². The van der Waals surface area contributed by atoms with E-state index in [2.05, 4.69) is 0 Å². The van der Waals surface area contributed by atoms with Crippen LogP contribution in [-0.4, -0.2) is 13.1 Å². The van der Waals surface area contributed by atoms with Crippen molar-refractivity contribution in [3.05, 3.63) is 29.8 Å². The predicted molar refractivity (Wildman–Crippen MR) is 64.8 cm³/mol. The quantitative estimate of drug-likeness (QED) is 0.738. The van der Waals surface area contributed by atoms with Gasteiger partial charge in [0.05, 0.1) is 5.56 Å². The van der Waals surface area contributed by atoms with E-state index in [4.69, 9.17) is 0 Å². The summed E-state index contributed by atoms with van der Waals surface area (Å²) in [5, 5.41) is 0. The molecule has 0 unspecified atom stereocenters. The molecule has 0 bridgehead atoms. The van der Waals surface area contributed by atoms with Crippen molar-refractivity contribution in [1.82, 2.24) is 0 Å². The smallest absolute Gasteiger partial charge is 0.372 e. The Kier molecular flexibility index (Phi) is 4.69. The first-order chi connectivity index (χ1) is 7.57. The molecular weight excluding hydrogens is 251 g/mol. The molecule has 0 radical (unpaired) electrons. The van der Waals surface area contributed by atoms with E-state index in [0.717, 1.165) is 32.0 Å². The molecule has 1 aliphatic heterocycles. The third kappa shape index (κ3) is 3.53. The molecule has 0 N–H and O–H groups in total. The van der Waals surface area contributed by atoms with Crippen molar-refractivity contribution in [2.24, 2.45) is 0 Å². The zero-order valence-electron chi connectivity index (χ0n) is 9.33. The summed E-state index contributed by atoms with van der Waals surface area (Å²) < 4.78 is 37.5. The van der Waals surface area contributed by atoms with Crippen LogP contribution in [-0.2, 0) is 6.18 Å². The molecule has 0 atom stereocenters. The number of halogens is 4. The van der Waals surface area contributed by atoms with Crippen LogP contribution in [0.4, 0.5) is 18.9 Å². The molecule has 0 aliphatic carbocycles. The van der Waals surface area contributed by atoms with Gasteiger partial charge in [-0.15, -0.1) is 12.4 Å². The van der Waals surface area contributed by atoms with Gasteiger partial charge in [-0.1, -0.05) is 6.07 Å². The van der Waals surface area contributed by atoms with Crippen molar-refractivity contribution in [1.29, 1.82) is 0 Å². The topological polar surface area (TPSA) is 3.24 Å². The van der Waals surface area contributed by atoms with Crippen LogP contribution in [0.25, 0.3) is 0 Å². The summed E-state index contributed by atoms with van der Waals surface area (Å²) in [6.45, 7) is 1.72. The number of piperidine rings is 1. The maximum atomic E-state index is 12.5. The van der Waals surface area contributed by atoms with Crippen molar-refractivity contribution < 1.29 is 13.2 Å². The number of hydrogen-bond donors (Lipinski definition) is 0. The highest BCUT2D eigenvalue weighted by molar-refractivity contribution is 5.85. The lowest BCUT2D eigenvalue weighted by Crippen LogP contribution is -2.29. The Balaban J connectivity index is 0.00000144. The van der Waals surface area contributed by atoms with Gasteiger partial charge in [-0.25, -0.2) is 0 Å². The molecule has 1 saturated heterocycles. The second-order valence-electron chi connectivity index (χ2n) is 4.10. The van der Waals surface area contributed by atoms with E-state index in [1.54, 1.807) is 6.07 Å². The predicted octanol–water partition coefficient (Wildman–Crippen LogP) is 4.12. The molecular formula is C12H15ClF3N. The van der Waals surface area contributed by atoms with Crippen molar-refractivity contribution in [3.63, 3.8) is 0 Å². The summed E-state index contributed by atoms with van der Waals surface area (Å²) in [5.74, 6) is 0. The highest BCUT2D eigenvalue weighted by Crippen LogP contribution is 2.32. The second-order valence-corrected chi connectivity index (χ2v) is 4.10. The first-order valence-electron chi connectivity index (χ1n) is 5.49. The number of anilines is 1. The van der Waals surface area contributed by atoms with Crippen LogP contribution in [0, 0.1) is 0 Å². The van der Waals surface area contributed by atoms with E-state index in [1.807, 2.05) is 4.90 Å². The van der Waals surface area contributed by atoms with Gasteiger partial charge in [0.25, 0.3) is 0 Å². The Labute approximate surface area is 105 Å². The summed E-state index contributed by atoms with van der Waals surface area (Å²) in [5.41, 5.74) is 0.130. The van der Waals surface area contributed by atoms with Gasteiger partial charge >= 0.3 is 6.18 Å². The van der Waals surface area contributed by atoms with Crippen molar-refractivity contribution in [2.75, 3.05) is 18.0 Å². The van der Waals surface area contributed by atoms with Crippen LogP contribution in [0.1, 0.15) is 24.8 Å². The highest BCUT2D eigenvalue weighted by Gasteiger charge is 2.30.